The van der Waals surface area contributed by atoms with Crippen molar-refractivity contribution in [2.45, 2.75) is 19.3 Å². The molecule has 0 radical (unpaired) electrons. The van der Waals surface area contributed by atoms with E-state index in [0.717, 1.165) is 34.2 Å². The van der Waals surface area contributed by atoms with Crippen LogP contribution in [0.3, 0.4) is 0 Å². The number of hydrogen-bond acceptors (Lipinski definition) is 5. The number of methoxy groups -OCH3 is 1. The zero-order chi connectivity index (χ0) is 22.6. The Morgan fingerprint density at radius 3 is 2.44 bits per heavy atom. The first-order chi connectivity index (χ1) is 15.4. The molecular formula is C24H20F3N3O2. The standard InChI is InChI=1S/C24H20F3N3O2/c1-31-20-9-6-17-11-18(14-29-13-16-4-7-19(8-5-16)24(25,26)27)23(30-22(17)12-20)32-21-3-2-10-28-15-21/h2-12,15,29H,13-14H2,1H3. The number of hydrogen-bond donors (Lipinski definition) is 1. The van der Waals surface area contributed by atoms with E-state index in [-0.39, 0.29) is 0 Å². The molecule has 2 aromatic carbocycles. The van der Waals surface area contributed by atoms with E-state index in [9.17, 15) is 13.2 Å². The van der Waals surface area contributed by atoms with E-state index in [0.29, 0.717) is 30.5 Å². The third-order valence-electron chi connectivity index (χ3n) is 4.84. The van der Waals surface area contributed by atoms with Crippen molar-refractivity contribution in [3.8, 4) is 17.4 Å². The summed E-state index contributed by atoms with van der Waals surface area (Å²) < 4.78 is 49.5. The summed E-state index contributed by atoms with van der Waals surface area (Å²) in [5.41, 5.74) is 1.60. The Labute approximate surface area is 182 Å². The van der Waals surface area contributed by atoms with Gasteiger partial charge in [-0.2, -0.15) is 13.2 Å². The first-order valence-electron chi connectivity index (χ1n) is 9.85. The summed E-state index contributed by atoms with van der Waals surface area (Å²) in [6.45, 7) is 0.802. The summed E-state index contributed by atoms with van der Waals surface area (Å²) in [5, 5.41) is 4.16. The van der Waals surface area contributed by atoms with Gasteiger partial charge in [0.15, 0.2) is 0 Å². The number of rotatable bonds is 7. The topological polar surface area (TPSA) is 56.3 Å². The van der Waals surface area contributed by atoms with Gasteiger partial charge in [0.05, 0.1) is 24.4 Å². The van der Waals surface area contributed by atoms with Gasteiger partial charge in [-0.1, -0.05) is 12.1 Å². The summed E-state index contributed by atoms with van der Waals surface area (Å²) in [7, 11) is 1.59. The molecular weight excluding hydrogens is 419 g/mol. The highest BCUT2D eigenvalue weighted by molar-refractivity contribution is 5.81. The molecule has 0 aliphatic heterocycles. The average Bonchev–Trinajstić information content (AvgIpc) is 2.79. The van der Waals surface area contributed by atoms with Crippen LogP contribution < -0.4 is 14.8 Å². The molecule has 0 aliphatic rings. The van der Waals surface area contributed by atoms with Crippen LogP contribution in [-0.4, -0.2) is 17.1 Å². The monoisotopic (exact) mass is 439 g/mol. The van der Waals surface area contributed by atoms with Crippen LogP contribution in [0.15, 0.2) is 73.1 Å². The largest absolute Gasteiger partial charge is 0.497 e. The first-order valence-corrected chi connectivity index (χ1v) is 9.85. The molecule has 0 atom stereocenters. The van der Waals surface area contributed by atoms with E-state index in [1.807, 2.05) is 24.3 Å². The van der Waals surface area contributed by atoms with Gasteiger partial charge in [0.1, 0.15) is 11.5 Å². The maximum absolute atomic E-state index is 12.7. The predicted molar refractivity (Wildman–Crippen MR) is 115 cm³/mol. The molecule has 2 heterocycles. The SMILES string of the molecule is COc1ccc2cc(CNCc3ccc(C(F)(F)F)cc3)c(Oc3cccnc3)nc2c1. The number of fused-ring (bicyclic) bond motifs is 1. The van der Waals surface area contributed by atoms with Gasteiger partial charge < -0.3 is 14.8 Å². The van der Waals surface area contributed by atoms with Crippen molar-refractivity contribution in [3.63, 3.8) is 0 Å². The maximum Gasteiger partial charge on any atom is 0.416 e. The molecule has 0 unspecified atom stereocenters. The minimum absolute atomic E-state index is 0.394. The second-order valence-electron chi connectivity index (χ2n) is 7.10. The number of aromatic nitrogens is 2. The molecule has 0 amide bonds. The fourth-order valence-electron chi connectivity index (χ4n) is 3.19. The molecule has 5 nitrogen and oxygen atoms in total. The van der Waals surface area contributed by atoms with Crippen LogP contribution >= 0.6 is 0 Å². The van der Waals surface area contributed by atoms with Crippen molar-refractivity contribution in [2.24, 2.45) is 0 Å². The lowest BCUT2D eigenvalue weighted by Crippen LogP contribution is -2.14. The van der Waals surface area contributed by atoms with E-state index < -0.39 is 11.7 Å². The quantitative estimate of drug-likeness (QED) is 0.398. The van der Waals surface area contributed by atoms with Crippen LogP contribution in [0.5, 0.6) is 17.4 Å². The van der Waals surface area contributed by atoms with Gasteiger partial charge in [-0.05, 0) is 48.0 Å². The number of pyridine rings is 2. The van der Waals surface area contributed by atoms with Crippen molar-refractivity contribution in [1.82, 2.24) is 15.3 Å². The predicted octanol–water partition coefficient (Wildman–Crippen LogP) is 5.74. The number of benzene rings is 2. The van der Waals surface area contributed by atoms with Gasteiger partial charge >= 0.3 is 6.18 Å². The molecule has 0 fully saturated rings. The third-order valence-corrected chi connectivity index (χ3v) is 4.84. The second kappa shape index (κ2) is 9.23. The highest BCUT2D eigenvalue weighted by atomic mass is 19.4. The minimum atomic E-state index is -4.34. The summed E-state index contributed by atoms with van der Waals surface area (Å²) >= 11 is 0. The fraction of sp³-hybridized carbons (Fsp3) is 0.167. The molecule has 32 heavy (non-hydrogen) atoms. The summed E-state index contributed by atoms with van der Waals surface area (Å²) in [6.07, 6.45) is -1.10. The Balaban J connectivity index is 1.55. The molecule has 0 saturated heterocycles. The summed E-state index contributed by atoms with van der Waals surface area (Å²) in [6, 6.07) is 16.2. The molecule has 0 saturated carbocycles. The van der Waals surface area contributed by atoms with Crippen molar-refractivity contribution in [3.05, 3.63) is 89.7 Å². The Kier molecular flexibility index (Phi) is 6.23. The number of halogens is 3. The van der Waals surface area contributed by atoms with Gasteiger partial charge in [-0.25, -0.2) is 4.98 Å². The Hall–Kier alpha value is -3.65. The number of nitrogens with one attached hydrogen (secondary N) is 1. The molecule has 0 bridgehead atoms. The highest BCUT2D eigenvalue weighted by Crippen LogP contribution is 2.30. The second-order valence-corrected chi connectivity index (χ2v) is 7.10. The molecule has 4 aromatic rings. The van der Waals surface area contributed by atoms with Crippen LogP contribution in [-0.2, 0) is 19.3 Å². The third kappa shape index (κ3) is 5.15. The molecule has 1 N–H and O–H groups in total. The summed E-state index contributed by atoms with van der Waals surface area (Å²) in [5.74, 6) is 1.65. The lowest BCUT2D eigenvalue weighted by Gasteiger charge is -2.13. The fourth-order valence-corrected chi connectivity index (χ4v) is 3.19. The van der Waals surface area contributed by atoms with E-state index in [1.165, 1.54) is 12.1 Å². The van der Waals surface area contributed by atoms with Gasteiger partial charge in [0, 0.05) is 36.3 Å². The molecule has 0 spiro atoms. The van der Waals surface area contributed by atoms with Crippen LogP contribution in [0.4, 0.5) is 13.2 Å². The van der Waals surface area contributed by atoms with E-state index >= 15 is 0 Å². The Bertz CT molecular complexity index is 1200. The number of ether oxygens (including phenoxy) is 2. The zero-order valence-corrected chi connectivity index (χ0v) is 17.2. The van der Waals surface area contributed by atoms with E-state index in [4.69, 9.17) is 9.47 Å². The first kappa shape index (κ1) is 21.6. The van der Waals surface area contributed by atoms with Crippen LogP contribution in [0.2, 0.25) is 0 Å². The molecule has 164 valence electrons. The Morgan fingerprint density at radius 1 is 0.938 bits per heavy atom. The Morgan fingerprint density at radius 2 is 1.75 bits per heavy atom. The molecule has 8 heteroatoms. The zero-order valence-electron chi connectivity index (χ0n) is 17.2. The van der Waals surface area contributed by atoms with Crippen LogP contribution in [0.25, 0.3) is 10.9 Å². The van der Waals surface area contributed by atoms with E-state index in [2.05, 4.69) is 15.3 Å². The van der Waals surface area contributed by atoms with Gasteiger partial charge in [-0.3, -0.25) is 4.98 Å². The molecule has 0 aliphatic carbocycles. The smallest absolute Gasteiger partial charge is 0.416 e. The number of nitrogens with zero attached hydrogens (tertiary/aromatic N) is 2. The normalized spacial score (nSPS) is 11.5. The van der Waals surface area contributed by atoms with Crippen molar-refractivity contribution >= 4 is 10.9 Å². The van der Waals surface area contributed by atoms with E-state index in [1.54, 1.807) is 31.6 Å². The lowest BCUT2D eigenvalue weighted by atomic mass is 10.1. The number of alkyl halides is 3. The average molecular weight is 439 g/mol. The maximum atomic E-state index is 12.7. The van der Waals surface area contributed by atoms with Crippen molar-refractivity contribution < 1.29 is 22.6 Å². The molecule has 4 rings (SSSR count). The van der Waals surface area contributed by atoms with Gasteiger partial charge in [-0.15, -0.1) is 0 Å². The highest BCUT2D eigenvalue weighted by Gasteiger charge is 2.29. The lowest BCUT2D eigenvalue weighted by molar-refractivity contribution is -0.137. The van der Waals surface area contributed by atoms with Crippen molar-refractivity contribution in [1.29, 1.82) is 0 Å². The van der Waals surface area contributed by atoms with Crippen LogP contribution in [0, 0.1) is 0 Å². The van der Waals surface area contributed by atoms with Gasteiger partial charge in [0.25, 0.3) is 0 Å². The van der Waals surface area contributed by atoms with Crippen molar-refractivity contribution in [2.75, 3.05) is 7.11 Å². The van der Waals surface area contributed by atoms with Gasteiger partial charge in [0.2, 0.25) is 5.88 Å². The summed E-state index contributed by atoms with van der Waals surface area (Å²) in [4.78, 5) is 8.71. The minimum Gasteiger partial charge on any atom is -0.497 e. The van der Waals surface area contributed by atoms with Crippen LogP contribution in [0.1, 0.15) is 16.7 Å². The molecule has 2 aromatic heterocycles.